The molecule has 4 nitrogen and oxygen atoms in total. The Morgan fingerprint density at radius 3 is 2.48 bits per heavy atom. The lowest BCUT2D eigenvalue weighted by Gasteiger charge is -2.09. The molecule has 2 heterocycles. The Kier molecular flexibility index (Phi) is 3.99. The van der Waals surface area contributed by atoms with Gasteiger partial charge >= 0.3 is 0 Å². The first kappa shape index (κ1) is 13.8. The molecule has 0 atom stereocenters. The molecule has 0 unspecified atom stereocenters. The highest BCUT2D eigenvalue weighted by Gasteiger charge is 2.08. The number of aromatic nitrogens is 3. The minimum absolute atomic E-state index is 0.334. The van der Waals surface area contributed by atoms with Gasteiger partial charge in [-0.15, -0.1) is 0 Å². The number of hydrogen-bond acceptors (Lipinski definition) is 4. The zero-order valence-electron chi connectivity index (χ0n) is 10.8. The van der Waals surface area contributed by atoms with E-state index in [0.29, 0.717) is 27.5 Å². The van der Waals surface area contributed by atoms with Crippen LogP contribution in [0.3, 0.4) is 0 Å². The molecule has 0 saturated heterocycles. The van der Waals surface area contributed by atoms with Crippen LogP contribution in [0, 0.1) is 0 Å². The summed E-state index contributed by atoms with van der Waals surface area (Å²) in [4.78, 5) is 12.8. The molecule has 104 valence electrons. The predicted octanol–water partition coefficient (Wildman–Crippen LogP) is 4.59. The quantitative estimate of drug-likeness (QED) is 0.718. The van der Waals surface area contributed by atoms with Gasteiger partial charge in [-0.05, 0) is 24.3 Å². The van der Waals surface area contributed by atoms with Crippen molar-refractivity contribution in [2.45, 2.75) is 0 Å². The van der Waals surface area contributed by atoms with Crippen molar-refractivity contribution in [3.8, 4) is 11.5 Å². The number of anilines is 2. The van der Waals surface area contributed by atoms with Gasteiger partial charge in [0.1, 0.15) is 16.7 Å². The Morgan fingerprint density at radius 1 is 0.905 bits per heavy atom. The van der Waals surface area contributed by atoms with Crippen LogP contribution in [-0.2, 0) is 0 Å². The summed E-state index contributed by atoms with van der Waals surface area (Å²) in [6.07, 6.45) is 1.68. The molecule has 0 aliphatic carbocycles. The Balaban J connectivity index is 1.97. The van der Waals surface area contributed by atoms with Gasteiger partial charge < -0.3 is 5.32 Å². The molecule has 6 heteroatoms. The topological polar surface area (TPSA) is 50.7 Å². The fraction of sp³-hybridized carbons (Fsp3) is 0. The van der Waals surface area contributed by atoms with Gasteiger partial charge in [-0.1, -0.05) is 41.4 Å². The van der Waals surface area contributed by atoms with E-state index in [1.165, 1.54) is 0 Å². The van der Waals surface area contributed by atoms with Crippen LogP contribution >= 0.6 is 23.2 Å². The van der Waals surface area contributed by atoms with Crippen LogP contribution in [0.15, 0.2) is 54.7 Å². The Labute approximate surface area is 131 Å². The van der Waals surface area contributed by atoms with E-state index >= 15 is 0 Å². The van der Waals surface area contributed by atoms with Gasteiger partial charge in [-0.25, -0.2) is 9.97 Å². The van der Waals surface area contributed by atoms with E-state index in [1.807, 2.05) is 36.4 Å². The number of halogens is 2. The molecule has 3 rings (SSSR count). The van der Waals surface area contributed by atoms with Crippen LogP contribution in [-0.4, -0.2) is 15.0 Å². The van der Waals surface area contributed by atoms with Gasteiger partial charge in [-0.2, -0.15) is 0 Å². The molecule has 0 fully saturated rings. The fourth-order valence-electron chi connectivity index (χ4n) is 1.79. The van der Waals surface area contributed by atoms with E-state index in [0.717, 1.165) is 5.69 Å². The lowest BCUT2D eigenvalue weighted by molar-refractivity contribution is 1.14. The minimum atomic E-state index is 0.334. The average Bonchev–Trinajstić information content (AvgIpc) is 2.50. The Hall–Kier alpha value is -2.17. The number of nitrogens with zero attached hydrogens (tertiary/aromatic N) is 3. The van der Waals surface area contributed by atoms with Gasteiger partial charge in [0.25, 0.3) is 0 Å². The summed E-state index contributed by atoms with van der Waals surface area (Å²) >= 11 is 12.2. The molecule has 0 bridgehead atoms. The summed E-state index contributed by atoms with van der Waals surface area (Å²) in [5, 5.41) is 4.06. The highest BCUT2D eigenvalue weighted by atomic mass is 35.5. The monoisotopic (exact) mass is 316 g/mol. The van der Waals surface area contributed by atoms with Crippen molar-refractivity contribution < 1.29 is 0 Å². The zero-order valence-corrected chi connectivity index (χ0v) is 12.3. The summed E-state index contributed by atoms with van der Waals surface area (Å²) in [6, 6.07) is 14.6. The standard InChI is InChI=1S/C15H10Cl2N4/c16-10-5-1-2-6-11(10)19-14-9-13(17)20-15(21-14)12-7-3-4-8-18-12/h1-9H,(H,19,20,21). The van der Waals surface area contributed by atoms with E-state index in [4.69, 9.17) is 23.2 Å². The van der Waals surface area contributed by atoms with Gasteiger partial charge in [0, 0.05) is 12.3 Å². The van der Waals surface area contributed by atoms with Gasteiger partial charge in [0.05, 0.1) is 10.7 Å². The summed E-state index contributed by atoms with van der Waals surface area (Å²) in [5.74, 6) is 1.02. The second-order valence-electron chi connectivity index (χ2n) is 4.22. The van der Waals surface area contributed by atoms with Crippen LogP contribution in [0.25, 0.3) is 11.5 Å². The molecule has 21 heavy (non-hydrogen) atoms. The molecule has 0 aliphatic rings. The molecule has 0 saturated carbocycles. The maximum atomic E-state index is 6.12. The normalized spacial score (nSPS) is 10.4. The van der Waals surface area contributed by atoms with Crippen LogP contribution in [0.1, 0.15) is 0 Å². The smallest absolute Gasteiger partial charge is 0.181 e. The van der Waals surface area contributed by atoms with Crippen molar-refractivity contribution in [3.63, 3.8) is 0 Å². The molecular weight excluding hydrogens is 307 g/mol. The van der Waals surface area contributed by atoms with Crippen molar-refractivity contribution in [2.24, 2.45) is 0 Å². The third-order valence-electron chi connectivity index (χ3n) is 2.73. The van der Waals surface area contributed by atoms with E-state index in [1.54, 1.807) is 18.3 Å². The SMILES string of the molecule is Clc1cc(Nc2ccccc2Cl)nc(-c2ccccn2)n1. The first-order valence-corrected chi connectivity index (χ1v) is 6.95. The second-order valence-corrected chi connectivity index (χ2v) is 5.01. The number of nitrogens with one attached hydrogen (secondary N) is 1. The number of pyridine rings is 1. The lowest BCUT2D eigenvalue weighted by atomic mass is 10.3. The predicted molar refractivity (Wildman–Crippen MR) is 85.0 cm³/mol. The van der Waals surface area contributed by atoms with Gasteiger partial charge in [-0.3, -0.25) is 4.98 Å². The van der Waals surface area contributed by atoms with E-state index in [9.17, 15) is 0 Å². The number of rotatable bonds is 3. The largest absolute Gasteiger partial charge is 0.339 e. The van der Waals surface area contributed by atoms with E-state index in [2.05, 4.69) is 20.3 Å². The van der Waals surface area contributed by atoms with Crippen molar-refractivity contribution >= 4 is 34.7 Å². The molecule has 3 aromatic rings. The van der Waals surface area contributed by atoms with Crippen molar-refractivity contribution in [1.29, 1.82) is 0 Å². The Morgan fingerprint density at radius 2 is 1.71 bits per heavy atom. The lowest BCUT2D eigenvalue weighted by Crippen LogP contribution is -1.99. The summed E-state index contributed by atoms with van der Waals surface area (Å²) in [7, 11) is 0. The number of hydrogen-bond donors (Lipinski definition) is 1. The summed E-state index contributed by atoms with van der Waals surface area (Å²) in [6.45, 7) is 0. The van der Waals surface area contributed by atoms with E-state index < -0.39 is 0 Å². The second kappa shape index (κ2) is 6.08. The molecular formula is C15H10Cl2N4. The van der Waals surface area contributed by atoms with Crippen LogP contribution in [0.5, 0.6) is 0 Å². The minimum Gasteiger partial charge on any atom is -0.339 e. The molecule has 0 spiro atoms. The molecule has 1 aromatic carbocycles. The molecule has 1 N–H and O–H groups in total. The first-order valence-electron chi connectivity index (χ1n) is 6.20. The fourth-order valence-corrected chi connectivity index (χ4v) is 2.16. The molecule has 2 aromatic heterocycles. The summed E-state index contributed by atoms with van der Waals surface area (Å²) < 4.78 is 0. The maximum Gasteiger partial charge on any atom is 0.181 e. The molecule has 0 aliphatic heterocycles. The van der Waals surface area contributed by atoms with Crippen molar-refractivity contribution in [1.82, 2.24) is 15.0 Å². The van der Waals surface area contributed by atoms with E-state index in [-0.39, 0.29) is 0 Å². The average molecular weight is 317 g/mol. The highest BCUT2D eigenvalue weighted by Crippen LogP contribution is 2.26. The third-order valence-corrected chi connectivity index (χ3v) is 3.25. The molecule has 0 radical (unpaired) electrons. The Bertz CT molecular complexity index is 763. The van der Waals surface area contributed by atoms with Crippen molar-refractivity contribution in [3.05, 3.63) is 64.9 Å². The van der Waals surface area contributed by atoms with Crippen LogP contribution in [0.4, 0.5) is 11.5 Å². The van der Waals surface area contributed by atoms with Crippen LogP contribution < -0.4 is 5.32 Å². The van der Waals surface area contributed by atoms with Gasteiger partial charge in [0.15, 0.2) is 5.82 Å². The third kappa shape index (κ3) is 3.29. The van der Waals surface area contributed by atoms with Gasteiger partial charge in [0.2, 0.25) is 0 Å². The number of para-hydroxylation sites is 1. The maximum absolute atomic E-state index is 6.12. The highest BCUT2D eigenvalue weighted by molar-refractivity contribution is 6.33. The van der Waals surface area contributed by atoms with Crippen LogP contribution in [0.2, 0.25) is 10.2 Å². The first-order chi connectivity index (χ1) is 10.2. The number of benzene rings is 1. The van der Waals surface area contributed by atoms with Crippen molar-refractivity contribution in [2.75, 3.05) is 5.32 Å². The molecule has 0 amide bonds. The summed E-state index contributed by atoms with van der Waals surface area (Å²) in [5.41, 5.74) is 1.41. The zero-order chi connectivity index (χ0) is 14.7.